The molecule has 1 aromatic heterocycles. The molecule has 0 unspecified atom stereocenters. The largest absolute Gasteiger partial charge is 0.313 e. The highest BCUT2D eigenvalue weighted by molar-refractivity contribution is 9.10. The summed E-state index contributed by atoms with van der Waals surface area (Å²) < 4.78 is 3.60. The number of para-hydroxylation sites is 1. The van der Waals surface area contributed by atoms with Gasteiger partial charge in [0.15, 0.2) is 0 Å². The second kappa shape index (κ2) is 5.35. The highest BCUT2D eigenvalue weighted by Crippen LogP contribution is 2.47. The van der Waals surface area contributed by atoms with Gasteiger partial charge in [-0.25, -0.2) is 0 Å². The first-order valence-electron chi connectivity index (χ1n) is 8.58. The topological polar surface area (TPSA) is 4.93 Å². The maximum atomic E-state index is 3.74. The Hall–Kier alpha value is -1.80. The Morgan fingerprint density at radius 3 is 2.62 bits per heavy atom. The van der Waals surface area contributed by atoms with Gasteiger partial charge in [-0.3, -0.25) is 0 Å². The third-order valence-electron chi connectivity index (χ3n) is 5.33. The van der Waals surface area contributed by atoms with E-state index in [4.69, 9.17) is 0 Å². The van der Waals surface area contributed by atoms with E-state index in [0.717, 1.165) is 10.9 Å². The fourth-order valence-electron chi connectivity index (χ4n) is 4.09. The van der Waals surface area contributed by atoms with Crippen molar-refractivity contribution in [3.63, 3.8) is 0 Å². The van der Waals surface area contributed by atoms with Crippen LogP contribution in [0.2, 0.25) is 0 Å². The molecule has 0 aliphatic carbocycles. The first kappa shape index (κ1) is 15.7. The molecule has 4 rings (SSSR count). The fraction of sp³-hybridized carbons (Fsp3) is 0.273. The lowest BCUT2D eigenvalue weighted by molar-refractivity contribution is 0.627. The fourth-order valence-corrected chi connectivity index (χ4v) is 4.55. The minimum Gasteiger partial charge on any atom is -0.313 e. The quantitative estimate of drug-likeness (QED) is 0.463. The number of hydrogen-bond donors (Lipinski definition) is 0. The van der Waals surface area contributed by atoms with Crippen molar-refractivity contribution >= 4 is 32.9 Å². The lowest BCUT2D eigenvalue weighted by Crippen LogP contribution is -2.26. The summed E-state index contributed by atoms with van der Waals surface area (Å²) in [5.74, 6) is 0. The maximum absolute atomic E-state index is 3.74. The minimum atomic E-state index is -0.00877. The summed E-state index contributed by atoms with van der Waals surface area (Å²) in [6.45, 7) is 9.09. The SMILES string of the molecule is CCC=Cc1c(C)n2c3c(cc(Br)cc13)C(C)(C)c1ccccc1-2. The minimum absolute atomic E-state index is 0.00877. The Kier molecular flexibility index (Phi) is 3.50. The summed E-state index contributed by atoms with van der Waals surface area (Å²) in [5, 5.41) is 1.34. The molecule has 1 aliphatic heterocycles. The van der Waals surface area contributed by atoms with E-state index in [1.807, 2.05) is 0 Å². The Balaban J connectivity index is 2.23. The van der Waals surface area contributed by atoms with E-state index < -0.39 is 0 Å². The molecule has 0 saturated carbocycles. The van der Waals surface area contributed by atoms with E-state index in [1.165, 1.54) is 39.0 Å². The van der Waals surface area contributed by atoms with E-state index >= 15 is 0 Å². The van der Waals surface area contributed by atoms with Crippen molar-refractivity contribution in [3.8, 4) is 5.69 Å². The van der Waals surface area contributed by atoms with Gasteiger partial charge < -0.3 is 4.57 Å². The van der Waals surface area contributed by atoms with Crippen LogP contribution >= 0.6 is 15.9 Å². The molecular weight excluding hydrogens is 358 g/mol. The van der Waals surface area contributed by atoms with Crippen LogP contribution in [0.5, 0.6) is 0 Å². The van der Waals surface area contributed by atoms with Crippen LogP contribution in [0.3, 0.4) is 0 Å². The van der Waals surface area contributed by atoms with Crippen molar-refractivity contribution in [2.75, 3.05) is 0 Å². The molecule has 2 heterocycles. The van der Waals surface area contributed by atoms with E-state index in [0.29, 0.717) is 0 Å². The van der Waals surface area contributed by atoms with Gasteiger partial charge in [-0.05, 0) is 42.7 Å². The zero-order valence-electron chi connectivity index (χ0n) is 14.7. The van der Waals surface area contributed by atoms with Gasteiger partial charge in [0.05, 0.1) is 5.52 Å². The van der Waals surface area contributed by atoms with Crippen molar-refractivity contribution in [2.45, 2.75) is 39.5 Å². The zero-order valence-corrected chi connectivity index (χ0v) is 16.2. The molecule has 0 atom stereocenters. The van der Waals surface area contributed by atoms with Crippen LogP contribution < -0.4 is 0 Å². The molecular formula is C22H22BrN. The van der Waals surface area contributed by atoms with Crippen LogP contribution in [0, 0.1) is 6.92 Å². The van der Waals surface area contributed by atoms with Crippen molar-refractivity contribution in [3.05, 3.63) is 69.3 Å². The Morgan fingerprint density at radius 2 is 1.88 bits per heavy atom. The van der Waals surface area contributed by atoms with Gasteiger partial charge >= 0.3 is 0 Å². The van der Waals surface area contributed by atoms with Crippen LogP contribution in [-0.4, -0.2) is 4.57 Å². The molecule has 2 heteroatoms. The molecule has 0 bridgehead atoms. The molecule has 0 saturated heterocycles. The summed E-state index contributed by atoms with van der Waals surface area (Å²) in [5.41, 5.74) is 8.10. The molecule has 0 spiro atoms. The molecule has 0 fully saturated rings. The van der Waals surface area contributed by atoms with Gasteiger partial charge in [0.2, 0.25) is 0 Å². The number of aromatic nitrogens is 1. The lowest BCUT2D eigenvalue weighted by atomic mass is 9.75. The van der Waals surface area contributed by atoms with Gasteiger partial charge in [-0.1, -0.05) is 67.1 Å². The molecule has 3 aromatic rings. The summed E-state index contributed by atoms with van der Waals surface area (Å²) >= 11 is 3.74. The highest BCUT2D eigenvalue weighted by Gasteiger charge is 2.35. The smallest absolute Gasteiger partial charge is 0.0579 e. The molecule has 1 aliphatic rings. The Labute approximate surface area is 152 Å². The normalized spacial score (nSPS) is 15.2. The van der Waals surface area contributed by atoms with E-state index in [-0.39, 0.29) is 5.41 Å². The van der Waals surface area contributed by atoms with Crippen LogP contribution in [0.25, 0.3) is 22.7 Å². The molecule has 0 N–H and O–H groups in total. The van der Waals surface area contributed by atoms with Gasteiger partial charge in [0, 0.05) is 32.2 Å². The number of benzene rings is 2. The second-order valence-corrected chi connectivity index (χ2v) is 8.05. The summed E-state index contributed by atoms with van der Waals surface area (Å²) in [7, 11) is 0. The number of nitrogens with zero attached hydrogens (tertiary/aromatic N) is 1. The van der Waals surface area contributed by atoms with Crippen LogP contribution in [0.1, 0.15) is 49.6 Å². The third-order valence-corrected chi connectivity index (χ3v) is 5.78. The predicted octanol–water partition coefficient (Wildman–Crippen LogP) is 6.76. The zero-order chi connectivity index (χ0) is 17.1. The number of halogens is 1. The molecule has 24 heavy (non-hydrogen) atoms. The lowest BCUT2D eigenvalue weighted by Gasteiger charge is -2.35. The third kappa shape index (κ3) is 1.99. The van der Waals surface area contributed by atoms with E-state index in [9.17, 15) is 0 Å². The van der Waals surface area contributed by atoms with Crippen LogP contribution in [0.4, 0.5) is 0 Å². The average Bonchev–Trinajstić information content (AvgIpc) is 2.83. The monoisotopic (exact) mass is 379 g/mol. The Morgan fingerprint density at radius 1 is 1.12 bits per heavy atom. The highest BCUT2D eigenvalue weighted by atomic mass is 79.9. The van der Waals surface area contributed by atoms with E-state index in [1.54, 1.807) is 0 Å². The van der Waals surface area contributed by atoms with Crippen molar-refractivity contribution in [2.24, 2.45) is 0 Å². The van der Waals surface area contributed by atoms with Crippen molar-refractivity contribution in [1.29, 1.82) is 0 Å². The molecule has 2 aromatic carbocycles. The van der Waals surface area contributed by atoms with Gasteiger partial charge in [0.25, 0.3) is 0 Å². The van der Waals surface area contributed by atoms with Gasteiger partial charge in [0.1, 0.15) is 0 Å². The number of rotatable bonds is 2. The molecule has 1 nitrogen and oxygen atoms in total. The number of allylic oxidation sites excluding steroid dienone is 1. The van der Waals surface area contributed by atoms with Crippen molar-refractivity contribution < 1.29 is 0 Å². The molecule has 0 amide bonds. The standard InChI is InChI=1S/C22H22BrN/c1-5-6-9-16-14(2)24-20-11-8-7-10-18(20)22(3,4)19-13-15(23)12-17(16)21(19)24/h6-13H,5H2,1-4H3. The summed E-state index contributed by atoms with van der Waals surface area (Å²) in [4.78, 5) is 0. The van der Waals surface area contributed by atoms with Gasteiger partial charge in [-0.15, -0.1) is 0 Å². The van der Waals surface area contributed by atoms with Crippen molar-refractivity contribution in [1.82, 2.24) is 4.57 Å². The Bertz CT molecular complexity index is 989. The number of hydrogen-bond acceptors (Lipinski definition) is 0. The first-order chi connectivity index (χ1) is 11.5. The summed E-state index contributed by atoms with van der Waals surface area (Å²) in [6.07, 6.45) is 5.59. The molecule has 122 valence electrons. The second-order valence-electron chi connectivity index (χ2n) is 7.14. The molecule has 0 radical (unpaired) electrons. The van der Waals surface area contributed by atoms with Crippen LogP contribution in [-0.2, 0) is 5.41 Å². The van der Waals surface area contributed by atoms with Gasteiger partial charge in [-0.2, -0.15) is 0 Å². The number of fused-ring (bicyclic) bond motifs is 2. The van der Waals surface area contributed by atoms with E-state index in [2.05, 4.69) is 96.7 Å². The first-order valence-corrected chi connectivity index (χ1v) is 9.37. The predicted molar refractivity (Wildman–Crippen MR) is 107 cm³/mol. The maximum Gasteiger partial charge on any atom is 0.0579 e. The summed E-state index contributed by atoms with van der Waals surface area (Å²) in [6, 6.07) is 13.4. The average molecular weight is 380 g/mol. The van der Waals surface area contributed by atoms with Crippen LogP contribution in [0.15, 0.2) is 46.9 Å².